The topological polar surface area (TPSA) is 87.4 Å². The first-order chi connectivity index (χ1) is 12.9. The molecule has 1 aromatic heterocycles. The van der Waals surface area contributed by atoms with Crippen LogP contribution in [0.25, 0.3) is 10.9 Å². The van der Waals surface area contributed by atoms with Crippen LogP contribution in [0.15, 0.2) is 30.9 Å². The zero-order valence-corrected chi connectivity index (χ0v) is 15.7. The fraction of sp³-hybridized carbons (Fsp3) is 0.450. The van der Waals surface area contributed by atoms with Crippen LogP contribution in [-0.4, -0.2) is 47.6 Å². The highest BCUT2D eigenvalue weighted by atomic mass is 16.1. The van der Waals surface area contributed by atoms with Gasteiger partial charge in [0.05, 0.1) is 5.52 Å². The maximum Gasteiger partial charge on any atom is 0.247 e. The predicted octanol–water partition coefficient (Wildman–Crippen LogP) is 2.28. The molecule has 1 aromatic carbocycles. The Balaban J connectivity index is 1.79. The van der Waals surface area contributed by atoms with Gasteiger partial charge in [-0.1, -0.05) is 6.58 Å². The lowest BCUT2D eigenvalue weighted by Crippen LogP contribution is -2.39. The molecule has 0 aliphatic carbocycles. The van der Waals surface area contributed by atoms with Gasteiger partial charge in [-0.2, -0.15) is 4.98 Å². The molecule has 2 saturated heterocycles. The van der Waals surface area contributed by atoms with Gasteiger partial charge in [0, 0.05) is 42.8 Å². The molecule has 142 valence electrons. The summed E-state index contributed by atoms with van der Waals surface area (Å²) in [5, 5.41) is 3.79. The highest BCUT2D eigenvalue weighted by Gasteiger charge is 2.32. The summed E-state index contributed by atoms with van der Waals surface area (Å²) in [6, 6.07) is 5.76. The van der Waals surface area contributed by atoms with E-state index in [2.05, 4.69) is 28.6 Å². The zero-order chi connectivity index (χ0) is 19.0. The second kappa shape index (κ2) is 6.81. The second-order valence-electron chi connectivity index (χ2n) is 7.79. The Morgan fingerprint density at radius 3 is 2.70 bits per heavy atom. The Labute approximate surface area is 159 Å². The van der Waals surface area contributed by atoms with Crippen molar-refractivity contribution in [2.75, 3.05) is 41.3 Å². The third-order valence-electron chi connectivity index (χ3n) is 5.31. The summed E-state index contributed by atoms with van der Waals surface area (Å²) in [4.78, 5) is 25.9. The Kier molecular flexibility index (Phi) is 4.47. The van der Waals surface area contributed by atoms with Crippen molar-refractivity contribution in [3.05, 3.63) is 30.9 Å². The van der Waals surface area contributed by atoms with Gasteiger partial charge in [0.2, 0.25) is 11.9 Å². The van der Waals surface area contributed by atoms with E-state index in [4.69, 9.17) is 15.7 Å². The molecule has 2 aliphatic rings. The lowest BCUT2D eigenvalue weighted by Gasteiger charge is -2.24. The summed E-state index contributed by atoms with van der Waals surface area (Å²) in [5.41, 5.74) is 7.68. The van der Waals surface area contributed by atoms with Crippen molar-refractivity contribution in [2.24, 2.45) is 5.73 Å². The quantitative estimate of drug-likeness (QED) is 0.807. The number of fused-ring (bicyclic) bond motifs is 1. The molecule has 4 rings (SSSR count). The van der Waals surface area contributed by atoms with Crippen LogP contribution in [0, 0.1) is 0 Å². The van der Waals surface area contributed by atoms with E-state index in [0.29, 0.717) is 5.69 Å². The number of carbonyl (C=O) groups is 1. The minimum absolute atomic E-state index is 0.205. The van der Waals surface area contributed by atoms with E-state index in [1.165, 1.54) is 6.08 Å². The molecule has 27 heavy (non-hydrogen) atoms. The first kappa shape index (κ1) is 17.7. The van der Waals surface area contributed by atoms with Crippen LogP contribution in [-0.2, 0) is 4.79 Å². The van der Waals surface area contributed by atoms with Crippen molar-refractivity contribution in [1.82, 2.24) is 9.97 Å². The van der Waals surface area contributed by atoms with E-state index < -0.39 is 0 Å². The summed E-state index contributed by atoms with van der Waals surface area (Å²) in [6.07, 6.45) is 4.52. The Morgan fingerprint density at radius 1 is 1.26 bits per heavy atom. The Hall–Kier alpha value is -2.67. The molecule has 0 saturated carbocycles. The number of benzene rings is 1. The van der Waals surface area contributed by atoms with Gasteiger partial charge < -0.3 is 20.9 Å². The van der Waals surface area contributed by atoms with E-state index >= 15 is 0 Å². The number of nitrogens with two attached hydrogens (primary N) is 1. The minimum atomic E-state index is -0.234. The largest absolute Gasteiger partial charge is 0.354 e. The lowest BCUT2D eigenvalue weighted by molar-refractivity contribution is -0.111. The molecule has 7 heteroatoms. The van der Waals surface area contributed by atoms with Gasteiger partial charge in [0.25, 0.3) is 0 Å². The third kappa shape index (κ3) is 3.60. The predicted molar refractivity (Wildman–Crippen MR) is 109 cm³/mol. The molecule has 3 N–H and O–H groups in total. The van der Waals surface area contributed by atoms with E-state index in [1.807, 2.05) is 18.2 Å². The summed E-state index contributed by atoms with van der Waals surface area (Å²) in [6.45, 7) is 9.20. The molecule has 1 atom stereocenters. The van der Waals surface area contributed by atoms with Crippen molar-refractivity contribution >= 4 is 34.3 Å². The van der Waals surface area contributed by atoms with Gasteiger partial charge in [-0.05, 0) is 50.5 Å². The second-order valence-corrected chi connectivity index (χ2v) is 7.79. The average molecular weight is 366 g/mol. The number of nitrogens with zero attached hydrogens (tertiary/aromatic N) is 4. The smallest absolute Gasteiger partial charge is 0.247 e. The molecule has 0 spiro atoms. The standard InChI is InChI=1S/C20H26N6O/c1-3-17(27)22-14-6-7-15-16(12-14)23-19(25-9-4-5-10-25)24-18(15)26-11-8-20(2,21)13-26/h3,6-7,12H,1,4-5,8-11,13,21H2,2H3,(H,22,27)/t20-/m1/s1. The number of amides is 1. The van der Waals surface area contributed by atoms with Crippen LogP contribution in [0.3, 0.4) is 0 Å². The first-order valence-electron chi connectivity index (χ1n) is 9.49. The summed E-state index contributed by atoms with van der Waals surface area (Å²) in [5.74, 6) is 1.45. The van der Waals surface area contributed by atoms with Crippen molar-refractivity contribution in [2.45, 2.75) is 31.7 Å². The number of aromatic nitrogens is 2. The van der Waals surface area contributed by atoms with E-state index in [9.17, 15) is 4.79 Å². The third-order valence-corrected chi connectivity index (χ3v) is 5.31. The summed E-state index contributed by atoms with van der Waals surface area (Å²) >= 11 is 0. The van der Waals surface area contributed by atoms with Crippen LogP contribution in [0.2, 0.25) is 0 Å². The molecule has 7 nitrogen and oxygen atoms in total. The van der Waals surface area contributed by atoms with Crippen LogP contribution < -0.4 is 20.9 Å². The number of rotatable bonds is 4. The molecule has 1 amide bonds. The summed E-state index contributed by atoms with van der Waals surface area (Å²) in [7, 11) is 0. The van der Waals surface area contributed by atoms with Crippen molar-refractivity contribution in [1.29, 1.82) is 0 Å². The van der Waals surface area contributed by atoms with Gasteiger partial charge in [-0.3, -0.25) is 4.79 Å². The fourth-order valence-electron chi connectivity index (χ4n) is 3.84. The number of hydrogen-bond donors (Lipinski definition) is 2. The van der Waals surface area contributed by atoms with Gasteiger partial charge >= 0.3 is 0 Å². The van der Waals surface area contributed by atoms with E-state index in [0.717, 1.165) is 68.1 Å². The maximum absolute atomic E-state index is 11.6. The molecule has 2 aliphatic heterocycles. The Bertz CT molecular complexity index is 887. The monoisotopic (exact) mass is 366 g/mol. The van der Waals surface area contributed by atoms with Crippen LogP contribution in [0.1, 0.15) is 26.2 Å². The SMILES string of the molecule is C=CC(=O)Nc1ccc2c(N3CC[C@@](C)(N)C3)nc(N3CCCC3)nc2c1. The first-order valence-corrected chi connectivity index (χ1v) is 9.49. The number of carbonyl (C=O) groups excluding carboxylic acids is 1. The van der Waals surface area contributed by atoms with Gasteiger partial charge in [-0.15, -0.1) is 0 Å². The normalized spacial score (nSPS) is 22.4. The van der Waals surface area contributed by atoms with Gasteiger partial charge in [0.1, 0.15) is 5.82 Å². The molecule has 0 bridgehead atoms. The van der Waals surface area contributed by atoms with Crippen LogP contribution in [0.4, 0.5) is 17.5 Å². The highest BCUT2D eigenvalue weighted by molar-refractivity contribution is 6.01. The molecular formula is C20H26N6O. The highest BCUT2D eigenvalue weighted by Crippen LogP contribution is 2.33. The van der Waals surface area contributed by atoms with E-state index in [1.54, 1.807) is 0 Å². The van der Waals surface area contributed by atoms with Crippen LogP contribution >= 0.6 is 0 Å². The number of nitrogens with one attached hydrogen (secondary N) is 1. The molecule has 0 unspecified atom stereocenters. The number of anilines is 3. The fourth-order valence-corrected chi connectivity index (χ4v) is 3.84. The van der Waals surface area contributed by atoms with Crippen LogP contribution in [0.5, 0.6) is 0 Å². The molecule has 2 fully saturated rings. The average Bonchev–Trinajstić information content (AvgIpc) is 3.30. The maximum atomic E-state index is 11.6. The lowest BCUT2D eigenvalue weighted by atomic mass is 10.0. The Morgan fingerprint density at radius 2 is 2.04 bits per heavy atom. The molecular weight excluding hydrogens is 340 g/mol. The zero-order valence-electron chi connectivity index (χ0n) is 15.7. The van der Waals surface area contributed by atoms with Crippen molar-refractivity contribution < 1.29 is 4.79 Å². The molecule has 2 aromatic rings. The summed E-state index contributed by atoms with van der Waals surface area (Å²) < 4.78 is 0. The van der Waals surface area contributed by atoms with E-state index in [-0.39, 0.29) is 11.4 Å². The minimum Gasteiger partial charge on any atom is -0.354 e. The molecule has 0 radical (unpaired) electrons. The van der Waals surface area contributed by atoms with Gasteiger partial charge in [0.15, 0.2) is 0 Å². The van der Waals surface area contributed by atoms with Gasteiger partial charge in [-0.25, -0.2) is 4.98 Å². The van der Waals surface area contributed by atoms with Crippen molar-refractivity contribution in [3.63, 3.8) is 0 Å². The number of hydrogen-bond acceptors (Lipinski definition) is 6. The molecule has 3 heterocycles. The van der Waals surface area contributed by atoms with Crippen molar-refractivity contribution in [3.8, 4) is 0 Å².